The van der Waals surface area contributed by atoms with Crippen LogP contribution in [0.1, 0.15) is 23.1 Å². The van der Waals surface area contributed by atoms with E-state index in [2.05, 4.69) is 0 Å². The zero-order valence-electron chi connectivity index (χ0n) is 20.0. The summed E-state index contributed by atoms with van der Waals surface area (Å²) in [6.45, 7) is -0.121. The van der Waals surface area contributed by atoms with Crippen LogP contribution in [0.5, 0.6) is 0 Å². The van der Waals surface area contributed by atoms with E-state index in [-0.39, 0.29) is 24.2 Å². The van der Waals surface area contributed by atoms with Crippen molar-refractivity contribution < 1.29 is 31.9 Å². The first-order valence-corrected chi connectivity index (χ1v) is 11.6. The molecule has 2 aromatic carbocycles. The first-order valence-electron chi connectivity index (χ1n) is 11.6. The maximum atomic E-state index is 14.9. The molecule has 2 aromatic rings. The molecule has 0 aliphatic carbocycles. The van der Waals surface area contributed by atoms with Gasteiger partial charge in [-0.2, -0.15) is 13.2 Å². The Balaban J connectivity index is 1.77. The highest BCUT2D eigenvalue weighted by Gasteiger charge is 2.47. The number of amides is 2. The molecule has 36 heavy (non-hydrogen) atoms. The van der Waals surface area contributed by atoms with Gasteiger partial charge in [-0.05, 0) is 48.9 Å². The van der Waals surface area contributed by atoms with E-state index >= 15 is 0 Å². The third-order valence-electron chi connectivity index (χ3n) is 7.12. The standard InChI is InChI=1S/C26H28F5N3O2/c1-32-11-10-23(22(28)15-32)33(2)24(36)34-14-17(13-25(34,16-35)18-6-4-3-5-7-18)20-12-19(26(29,30)31)8-9-21(20)27/h3-9,12-13,22-23,35H,10-11,14-16H2,1-2H3/t22?,23?,25-/m1/s1. The average Bonchev–Trinajstić information content (AvgIpc) is 3.24. The number of benzene rings is 2. The van der Waals surface area contributed by atoms with Crippen molar-refractivity contribution in [3.05, 3.63) is 77.1 Å². The number of hydrogen-bond acceptors (Lipinski definition) is 3. The van der Waals surface area contributed by atoms with Crippen LogP contribution in [-0.4, -0.2) is 78.4 Å². The Morgan fingerprint density at radius 2 is 1.89 bits per heavy atom. The number of carbonyl (C=O) groups is 1. The molecule has 1 N–H and O–H groups in total. The van der Waals surface area contributed by atoms with Gasteiger partial charge in [-0.3, -0.25) is 0 Å². The second kappa shape index (κ2) is 9.82. The molecule has 1 fully saturated rings. The number of rotatable bonds is 4. The lowest BCUT2D eigenvalue weighted by Gasteiger charge is -2.43. The number of likely N-dealkylation sites (tertiary alicyclic amines) is 1. The second-order valence-corrected chi connectivity index (χ2v) is 9.42. The fraction of sp³-hybridized carbons (Fsp3) is 0.423. The SMILES string of the molecule is CN1CCC(N(C)C(=O)N2CC(c3cc(C(F)(F)F)ccc3F)=C[C@@]2(CO)c2ccccc2)C(F)C1. The third-order valence-corrected chi connectivity index (χ3v) is 7.12. The Bertz CT molecular complexity index is 1140. The van der Waals surface area contributed by atoms with Crippen molar-refractivity contribution in [2.75, 3.05) is 40.3 Å². The molecular weight excluding hydrogens is 481 g/mol. The number of piperidine rings is 1. The number of aliphatic hydroxyl groups is 1. The summed E-state index contributed by atoms with van der Waals surface area (Å²) in [5.41, 5.74) is -2.18. The van der Waals surface area contributed by atoms with Crippen LogP contribution in [0.25, 0.3) is 5.57 Å². The van der Waals surface area contributed by atoms with Gasteiger partial charge in [0.25, 0.3) is 0 Å². The minimum absolute atomic E-state index is 0.124. The lowest BCUT2D eigenvalue weighted by atomic mass is 9.89. The smallest absolute Gasteiger partial charge is 0.393 e. The van der Waals surface area contributed by atoms with E-state index in [0.717, 1.165) is 6.07 Å². The molecule has 0 radical (unpaired) electrons. The number of alkyl halides is 4. The molecule has 2 aliphatic rings. The zero-order valence-corrected chi connectivity index (χ0v) is 20.0. The van der Waals surface area contributed by atoms with E-state index in [0.29, 0.717) is 30.7 Å². The number of hydrogen-bond donors (Lipinski definition) is 1. The van der Waals surface area contributed by atoms with Crippen LogP contribution in [0, 0.1) is 5.82 Å². The zero-order chi connectivity index (χ0) is 26.3. The highest BCUT2D eigenvalue weighted by molar-refractivity contribution is 5.84. The van der Waals surface area contributed by atoms with Crippen molar-refractivity contribution >= 4 is 11.6 Å². The molecule has 2 unspecified atom stereocenters. The van der Waals surface area contributed by atoms with E-state index in [1.165, 1.54) is 22.9 Å². The first-order chi connectivity index (χ1) is 17.0. The number of carbonyl (C=O) groups excluding carboxylic acids is 1. The summed E-state index contributed by atoms with van der Waals surface area (Å²) in [7, 11) is 3.26. The van der Waals surface area contributed by atoms with Gasteiger partial charge in [0.15, 0.2) is 0 Å². The molecule has 0 aromatic heterocycles. The molecule has 10 heteroatoms. The lowest BCUT2D eigenvalue weighted by Crippen LogP contribution is -2.58. The van der Waals surface area contributed by atoms with Crippen LogP contribution in [-0.2, 0) is 11.7 Å². The van der Waals surface area contributed by atoms with Gasteiger partial charge < -0.3 is 19.8 Å². The topological polar surface area (TPSA) is 47.0 Å². The highest BCUT2D eigenvalue weighted by Crippen LogP contribution is 2.42. The lowest BCUT2D eigenvalue weighted by molar-refractivity contribution is -0.137. The normalized spacial score (nSPS) is 25.1. The molecule has 3 atom stereocenters. The van der Waals surface area contributed by atoms with Gasteiger partial charge in [-0.15, -0.1) is 0 Å². The van der Waals surface area contributed by atoms with Crippen molar-refractivity contribution in [3.8, 4) is 0 Å². The van der Waals surface area contributed by atoms with Gasteiger partial charge in [0.05, 0.1) is 18.2 Å². The molecule has 2 heterocycles. The van der Waals surface area contributed by atoms with Crippen LogP contribution >= 0.6 is 0 Å². The predicted octanol–water partition coefficient (Wildman–Crippen LogP) is 4.53. The van der Waals surface area contributed by atoms with Crippen molar-refractivity contribution in [2.45, 2.75) is 30.3 Å². The summed E-state index contributed by atoms with van der Waals surface area (Å²) < 4.78 is 69.7. The summed E-state index contributed by atoms with van der Waals surface area (Å²) in [6.07, 6.45) is -4.15. The summed E-state index contributed by atoms with van der Waals surface area (Å²) in [5, 5.41) is 10.6. The monoisotopic (exact) mass is 509 g/mol. The molecule has 2 amide bonds. The Morgan fingerprint density at radius 3 is 2.50 bits per heavy atom. The van der Waals surface area contributed by atoms with Crippen LogP contribution in [0.4, 0.5) is 26.7 Å². The fourth-order valence-electron chi connectivity index (χ4n) is 5.07. The quantitative estimate of drug-likeness (QED) is 0.617. The molecule has 1 saturated heterocycles. The number of urea groups is 1. The van der Waals surface area contributed by atoms with Crippen LogP contribution in [0.2, 0.25) is 0 Å². The highest BCUT2D eigenvalue weighted by atomic mass is 19.4. The van der Waals surface area contributed by atoms with Crippen LogP contribution < -0.4 is 0 Å². The third kappa shape index (κ3) is 4.71. The number of nitrogens with zero attached hydrogens (tertiary/aromatic N) is 3. The summed E-state index contributed by atoms with van der Waals surface area (Å²) >= 11 is 0. The van der Waals surface area contributed by atoms with Crippen molar-refractivity contribution in [1.29, 1.82) is 0 Å². The molecule has 0 bridgehead atoms. The van der Waals surface area contributed by atoms with E-state index in [1.54, 1.807) is 37.4 Å². The average molecular weight is 510 g/mol. The maximum Gasteiger partial charge on any atom is 0.416 e. The van der Waals surface area contributed by atoms with E-state index in [4.69, 9.17) is 0 Å². The van der Waals surface area contributed by atoms with Gasteiger partial charge in [-0.25, -0.2) is 13.6 Å². The maximum absolute atomic E-state index is 14.9. The van der Waals surface area contributed by atoms with Crippen molar-refractivity contribution in [3.63, 3.8) is 0 Å². The molecule has 0 saturated carbocycles. The van der Waals surface area contributed by atoms with Gasteiger partial charge in [-0.1, -0.05) is 30.3 Å². The van der Waals surface area contributed by atoms with Crippen molar-refractivity contribution in [1.82, 2.24) is 14.7 Å². The summed E-state index contributed by atoms with van der Waals surface area (Å²) in [4.78, 5) is 18.1. The van der Waals surface area contributed by atoms with Gasteiger partial charge in [0.2, 0.25) is 0 Å². The minimum atomic E-state index is -4.69. The minimum Gasteiger partial charge on any atom is -0.393 e. The first kappa shape index (κ1) is 26.1. The molecule has 0 spiro atoms. The molecular formula is C26H28F5N3O2. The molecule has 5 nitrogen and oxygen atoms in total. The van der Waals surface area contributed by atoms with Gasteiger partial charge >= 0.3 is 12.2 Å². The van der Waals surface area contributed by atoms with E-state index in [1.807, 2.05) is 4.90 Å². The fourth-order valence-corrected chi connectivity index (χ4v) is 5.07. The van der Waals surface area contributed by atoms with Gasteiger partial charge in [0.1, 0.15) is 17.5 Å². The summed E-state index contributed by atoms with van der Waals surface area (Å²) in [6, 6.07) is 9.27. The Labute approximate surface area is 206 Å². The Kier molecular flexibility index (Phi) is 7.12. The van der Waals surface area contributed by atoms with Crippen LogP contribution in [0.3, 0.4) is 0 Å². The Morgan fingerprint density at radius 1 is 1.19 bits per heavy atom. The second-order valence-electron chi connectivity index (χ2n) is 9.42. The molecule has 194 valence electrons. The number of aliphatic hydroxyl groups excluding tert-OH is 1. The van der Waals surface area contributed by atoms with Gasteiger partial charge in [0, 0.05) is 32.2 Å². The Hall–Kier alpha value is -2.98. The summed E-state index contributed by atoms with van der Waals surface area (Å²) in [5.74, 6) is -0.879. The van der Waals surface area contributed by atoms with E-state index in [9.17, 15) is 31.9 Å². The molecule has 4 rings (SSSR count). The van der Waals surface area contributed by atoms with Crippen molar-refractivity contribution in [2.24, 2.45) is 0 Å². The van der Waals surface area contributed by atoms with Crippen LogP contribution in [0.15, 0.2) is 54.6 Å². The largest absolute Gasteiger partial charge is 0.416 e. The number of halogens is 5. The predicted molar refractivity (Wildman–Crippen MR) is 125 cm³/mol. The molecule has 2 aliphatic heterocycles. The van der Waals surface area contributed by atoms with E-state index < -0.39 is 47.9 Å².